The van der Waals surface area contributed by atoms with Crippen molar-refractivity contribution in [2.24, 2.45) is 0 Å². The monoisotopic (exact) mass is 350 g/mol. The number of rotatable bonds is 3. The number of aliphatic hydroxyl groups excluding tert-OH is 2. The lowest BCUT2D eigenvalue weighted by atomic mass is 9.97. The smallest absolute Gasteiger partial charge is 0.385 e. The molecule has 0 aliphatic heterocycles. The minimum atomic E-state index is -4.53. The Labute approximate surface area is 133 Å². The molecule has 8 heteroatoms. The van der Waals surface area contributed by atoms with Crippen molar-refractivity contribution in [2.45, 2.75) is 24.6 Å². The van der Waals surface area contributed by atoms with Crippen LogP contribution in [-0.4, -0.2) is 10.2 Å². The van der Waals surface area contributed by atoms with Crippen molar-refractivity contribution in [3.63, 3.8) is 0 Å². The van der Waals surface area contributed by atoms with E-state index in [-0.39, 0.29) is 11.1 Å². The van der Waals surface area contributed by atoms with Crippen LogP contribution in [0.1, 0.15) is 34.5 Å². The number of hydrogen-bond donors (Lipinski definition) is 2. The van der Waals surface area contributed by atoms with Crippen LogP contribution in [-0.2, 0) is 12.4 Å². The number of alkyl halides is 6. The summed E-state index contributed by atoms with van der Waals surface area (Å²) in [5.74, 6) is 0. The van der Waals surface area contributed by atoms with Crippen LogP contribution >= 0.6 is 0 Å². The molecular formula is C16H12F6O2. The lowest BCUT2D eigenvalue weighted by molar-refractivity contribution is -0.138. The Balaban J connectivity index is 2.18. The molecule has 0 heterocycles. The molecule has 130 valence electrons. The molecule has 0 bridgehead atoms. The highest BCUT2D eigenvalue weighted by Crippen LogP contribution is 2.34. The molecule has 24 heavy (non-hydrogen) atoms. The average Bonchev–Trinajstić information content (AvgIpc) is 2.52. The third kappa shape index (κ3) is 4.07. The van der Waals surface area contributed by atoms with E-state index in [1.807, 2.05) is 0 Å². The highest BCUT2D eigenvalue weighted by Gasteiger charge is 2.32. The zero-order valence-electron chi connectivity index (χ0n) is 11.9. The number of benzene rings is 2. The van der Waals surface area contributed by atoms with E-state index >= 15 is 0 Å². The first-order valence-corrected chi connectivity index (χ1v) is 6.70. The van der Waals surface area contributed by atoms with E-state index in [9.17, 15) is 36.6 Å². The molecule has 2 rings (SSSR count). The van der Waals surface area contributed by atoms with Crippen LogP contribution in [0.5, 0.6) is 0 Å². The van der Waals surface area contributed by atoms with Gasteiger partial charge in [0.15, 0.2) is 0 Å². The number of hydrogen-bond acceptors (Lipinski definition) is 2. The fraction of sp³-hybridized carbons (Fsp3) is 0.250. The summed E-state index contributed by atoms with van der Waals surface area (Å²) in [6.07, 6.45) is -12.2. The Morgan fingerprint density at radius 2 is 0.792 bits per heavy atom. The van der Waals surface area contributed by atoms with Crippen molar-refractivity contribution in [3.05, 3.63) is 70.8 Å². The summed E-state index contributed by atoms with van der Waals surface area (Å²) in [5.41, 5.74) is -1.81. The molecule has 0 aliphatic rings. The Morgan fingerprint density at radius 1 is 0.542 bits per heavy atom. The van der Waals surface area contributed by atoms with Crippen molar-refractivity contribution >= 4 is 0 Å². The summed E-state index contributed by atoms with van der Waals surface area (Å²) >= 11 is 0. The second-order valence-electron chi connectivity index (χ2n) is 5.13. The highest BCUT2D eigenvalue weighted by atomic mass is 19.4. The number of aliphatic hydroxyl groups is 2. The van der Waals surface area contributed by atoms with Crippen LogP contribution in [0.15, 0.2) is 48.5 Å². The SMILES string of the molecule is O[C@H](c1ccc(C(F)(F)F)cc1)[C@@H](O)c1ccc(C(F)(F)F)cc1. The van der Waals surface area contributed by atoms with Gasteiger partial charge in [0.25, 0.3) is 0 Å². The second kappa shape index (κ2) is 6.45. The van der Waals surface area contributed by atoms with E-state index in [0.717, 1.165) is 48.5 Å². The summed E-state index contributed by atoms with van der Waals surface area (Å²) in [5, 5.41) is 20.0. The van der Waals surface area contributed by atoms with Gasteiger partial charge in [-0.1, -0.05) is 24.3 Å². The zero-order chi connectivity index (χ0) is 18.1. The molecule has 0 spiro atoms. The standard InChI is InChI=1S/C16H12F6O2/c17-15(18,19)11-5-1-9(2-6-11)13(23)14(24)10-3-7-12(8-4-10)16(20,21)22/h1-8,13-14,23-24H/t13-,14+. The van der Waals surface area contributed by atoms with Crippen molar-refractivity contribution in [1.29, 1.82) is 0 Å². The van der Waals surface area contributed by atoms with Crippen molar-refractivity contribution in [2.75, 3.05) is 0 Å². The first-order valence-electron chi connectivity index (χ1n) is 6.70. The molecule has 0 aromatic heterocycles. The fourth-order valence-corrected chi connectivity index (χ4v) is 2.10. The normalized spacial score (nSPS) is 15.2. The fourth-order valence-electron chi connectivity index (χ4n) is 2.10. The minimum Gasteiger partial charge on any atom is -0.385 e. The van der Waals surface area contributed by atoms with E-state index in [4.69, 9.17) is 0 Å². The van der Waals surface area contributed by atoms with E-state index in [0.29, 0.717) is 0 Å². The molecule has 2 atom stereocenters. The molecule has 0 unspecified atom stereocenters. The maximum absolute atomic E-state index is 12.5. The van der Waals surface area contributed by atoms with Crippen LogP contribution < -0.4 is 0 Å². The molecule has 0 fully saturated rings. The summed E-state index contributed by atoms with van der Waals surface area (Å²) in [7, 11) is 0. The quantitative estimate of drug-likeness (QED) is 0.801. The lowest BCUT2D eigenvalue weighted by Crippen LogP contribution is -2.12. The molecule has 2 nitrogen and oxygen atoms in total. The molecule has 0 radical (unpaired) electrons. The molecule has 0 aliphatic carbocycles. The Hall–Kier alpha value is -2.06. The molecule has 0 saturated carbocycles. The maximum Gasteiger partial charge on any atom is 0.416 e. The van der Waals surface area contributed by atoms with E-state index in [2.05, 4.69) is 0 Å². The minimum absolute atomic E-state index is 0.00963. The van der Waals surface area contributed by atoms with Crippen molar-refractivity contribution in [3.8, 4) is 0 Å². The Morgan fingerprint density at radius 3 is 1.00 bits per heavy atom. The van der Waals surface area contributed by atoms with Gasteiger partial charge in [0.05, 0.1) is 11.1 Å². The molecule has 2 aromatic rings. The van der Waals surface area contributed by atoms with Crippen molar-refractivity contribution < 1.29 is 36.6 Å². The molecule has 0 amide bonds. The number of halogens is 6. The first kappa shape index (κ1) is 18.3. The summed E-state index contributed by atoms with van der Waals surface area (Å²) in [6.45, 7) is 0. The van der Waals surface area contributed by atoms with Crippen LogP contribution in [0.3, 0.4) is 0 Å². The van der Waals surface area contributed by atoms with Crippen LogP contribution in [0.25, 0.3) is 0 Å². The third-order valence-corrected chi connectivity index (χ3v) is 3.46. The van der Waals surface area contributed by atoms with Crippen LogP contribution in [0.2, 0.25) is 0 Å². The van der Waals surface area contributed by atoms with Gasteiger partial charge in [-0.05, 0) is 35.4 Å². The van der Waals surface area contributed by atoms with Gasteiger partial charge in [-0.3, -0.25) is 0 Å². The zero-order valence-corrected chi connectivity index (χ0v) is 11.9. The van der Waals surface area contributed by atoms with Gasteiger partial charge in [0.2, 0.25) is 0 Å². The van der Waals surface area contributed by atoms with Crippen LogP contribution in [0, 0.1) is 0 Å². The van der Waals surface area contributed by atoms with Gasteiger partial charge in [0, 0.05) is 0 Å². The van der Waals surface area contributed by atoms with E-state index in [1.54, 1.807) is 0 Å². The topological polar surface area (TPSA) is 40.5 Å². The molecule has 2 N–H and O–H groups in total. The highest BCUT2D eigenvalue weighted by molar-refractivity contribution is 5.31. The summed E-state index contributed by atoms with van der Waals surface area (Å²) < 4.78 is 74.8. The van der Waals surface area contributed by atoms with Gasteiger partial charge in [-0.2, -0.15) is 26.3 Å². The van der Waals surface area contributed by atoms with Gasteiger partial charge in [-0.25, -0.2) is 0 Å². The molecule has 0 saturated heterocycles. The summed E-state index contributed by atoms with van der Waals surface area (Å²) in [4.78, 5) is 0. The van der Waals surface area contributed by atoms with E-state index in [1.165, 1.54) is 0 Å². The molecular weight excluding hydrogens is 338 g/mol. The predicted octanol–water partition coefficient (Wildman–Crippen LogP) is 4.49. The van der Waals surface area contributed by atoms with E-state index < -0.39 is 35.7 Å². The van der Waals surface area contributed by atoms with Crippen LogP contribution in [0.4, 0.5) is 26.3 Å². The molecule has 2 aromatic carbocycles. The van der Waals surface area contributed by atoms with Crippen molar-refractivity contribution in [1.82, 2.24) is 0 Å². The second-order valence-corrected chi connectivity index (χ2v) is 5.13. The van der Waals surface area contributed by atoms with Gasteiger partial charge < -0.3 is 10.2 Å². The summed E-state index contributed by atoms with van der Waals surface area (Å²) in [6, 6.07) is 7.00. The maximum atomic E-state index is 12.5. The predicted molar refractivity (Wildman–Crippen MR) is 72.8 cm³/mol. The largest absolute Gasteiger partial charge is 0.416 e. The van der Waals surface area contributed by atoms with Gasteiger partial charge in [-0.15, -0.1) is 0 Å². The first-order chi connectivity index (χ1) is 11.0. The van der Waals surface area contributed by atoms with Gasteiger partial charge >= 0.3 is 12.4 Å². The Bertz CT molecular complexity index is 612. The third-order valence-electron chi connectivity index (χ3n) is 3.46. The lowest BCUT2D eigenvalue weighted by Gasteiger charge is -2.19. The Kier molecular flexibility index (Phi) is 4.91. The van der Waals surface area contributed by atoms with Gasteiger partial charge in [0.1, 0.15) is 12.2 Å². The average molecular weight is 350 g/mol.